The Morgan fingerprint density at radius 2 is 2.04 bits per heavy atom. The molecule has 0 saturated carbocycles. The number of nitrogens with zero attached hydrogens (tertiary/aromatic N) is 3. The molecule has 25 heavy (non-hydrogen) atoms. The van der Waals surface area contributed by atoms with Crippen LogP contribution in [-0.4, -0.2) is 15.2 Å². The quantitative estimate of drug-likeness (QED) is 0.435. The lowest BCUT2D eigenvalue weighted by Gasteiger charge is -2.01. The first kappa shape index (κ1) is 16.3. The highest BCUT2D eigenvalue weighted by atomic mass is 32.2. The van der Waals surface area contributed by atoms with E-state index >= 15 is 0 Å². The van der Waals surface area contributed by atoms with Crippen LogP contribution in [-0.2, 0) is 5.75 Å². The van der Waals surface area contributed by atoms with E-state index in [2.05, 4.69) is 44.9 Å². The van der Waals surface area contributed by atoms with Crippen molar-refractivity contribution in [2.24, 2.45) is 0 Å². The molecule has 0 aliphatic heterocycles. The Morgan fingerprint density at radius 3 is 2.84 bits per heavy atom. The van der Waals surface area contributed by atoms with Crippen LogP contribution in [0.2, 0.25) is 0 Å². The van der Waals surface area contributed by atoms with Crippen molar-refractivity contribution in [2.45, 2.75) is 17.0 Å². The third kappa shape index (κ3) is 4.09. The molecule has 5 nitrogen and oxygen atoms in total. The summed E-state index contributed by atoms with van der Waals surface area (Å²) in [6.07, 6.45) is 1.66. The second kappa shape index (κ2) is 7.38. The van der Waals surface area contributed by atoms with Crippen molar-refractivity contribution in [3.8, 4) is 10.8 Å². The van der Waals surface area contributed by atoms with Gasteiger partial charge in [-0.15, -0.1) is 21.5 Å². The van der Waals surface area contributed by atoms with Crippen LogP contribution in [0.3, 0.4) is 0 Å². The first-order valence-electron chi connectivity index (χ1n) is 7.54. The minimum Gasteiger partial charge on any atom is -0.462 e. The zero-order chi connectivity index (χ0) is 17.1. The van der Waals surface area contributed by atoms with E-state index in [1.54, 1.807) is 40.7 Å². The lowest BCUT2D eigenvalue weighted by molar-refractivity contribution is 0.581. The summed E-state index contributed by atoms with van der Waals surface area (Å²) in [5.74, 6) is 1.57. The zero-order valence-corrected chi connectivity index (χ0v) is 15.8. The van der Waals surface area contributed by atoms with E-state index in [0.29, 0.717) is 0 Å². The lowest BCUT2D eigenvalue weighted by Crippen LogP contribution is -1.88. The van der Waals surface area contributed by atoms with E-state index in [1.165, 1.54) is 5.56 Å². The van der Waals surface area contributed by atoms with E-state index < -0.39 is 0 Å². The summed E-state index contributed by atoms with van der Waals surface area (Å²) in [5, 5.41) is 15.4. The van der Waals surface area contributed by atoms with Gasteiger partial charge in [-0.2, -0.15) is 0 Å². The number of nitrogens with one attached hydrogen (secondary N) is 1. The van der Waals surface area contributed by atoms with E-state index in [9.17, 15) is 0 Å². The van der Waals surface area contributed by atoms with Gasteiger partial charge in [0, 0.05) is 16.8 Å². The van der Waals surface area contributed by atoms with Gasteiger partial charge < -0.3 is 9.73 Å². The molecule has 3 aromatic heterocycles. The number of benzene rings is 1. The topological polar surface area (TPSA) is 63.8 Å². The summed E-state index contributed by atoms with van der Waals surface area (Å²) in [4.78, 5) is 4.60. The Bertz CT molecular complexity index is 945. The van der Waals surface area contributed by atoms with E-state index in [-0.39, 0.29) is 0 Å². The van der Waals surface area contributed by atoms with Gasteiger partial charge in [-0.25, -0.2) is 4.98 Å². The average molecular weight is 387 g/mol. The first-order chi connectivity index (χ1) is 12.3. The molecule has 0 aliphatic rings. The molecule has 0 bridgehead atoms. The Hall–Kier alpha value is -2.16. The summed E-state index contributed by atoms with van der Waals surface area (Å²) in [6, 6.07) is 12.0. The highest BCUT2D eigenvalue weighted by Gasteiger charge is 2.10. The van der Waals surface area contributed by atoms with Crippen LogP contribution in [0.4, 0.5) is 10.8 Å². The van der Waals surface area contributed by atoms with Crippen molar-refractivity contribution in [3.63, 3.8) is 0 Å². The van der Waals surface area contributed by atoms with Crippen LogP contribution in [0.1, 0.15) is 11.3 Å². The lowest BCUT2D eigenvalue weighted by atomic mass is 10.2. The number of hydrogen-bond donors (Lipinski definition) is 1. The van der Waals surface area contributed by atoms with Crippen LogP contribution >= 0.6 is 34.4 Å². The molecule has 0 saturated heterocycles. The number of furan rings is 1. The molecule has 8 heteroatoms. The minimum absolute atomic E-state index is 0.760. The molecule has 4 rings (SSSR count). The molecule has 0 amide bonds. The van der Waals surface area contributed by atoms with E-state index in [0.717, 1.165) is 37.4 Å². The second-order valence-electron chi connectivity index (χ2n) is 5.27. The van der Waals surface area contributed by atoms with Crippen molar-refractivity contribution >= 4 is 45.3 Å². The predicted octanol–water partition coefficient (Wildman–Crippen LogP) is 5.60. The molecule has 126 valence electrons. The number of rotatable bonds is 6. The van der Waals surface area contributed by atoms with Crippen LogP contribution < -0.4 is 5.32 Å². The van der Waals surface area contributed by atoms with Gasteiger partial charge >= 0.3 is 0 Å². The van der Waals surface area contributed by atoms with E-state index in [4.69, 9.17) is 4.42 Å². The van der Waals surface area contributed by atoms with Crippen molar-refractivity contribution in [2.75, 3.05) is 5.32 Å². The monoisotopic (exact) mass is 386 g/mol. The fraction of sp³-hybridized carbons (Fsp3) is 0.118. The summed E-state index contributed by atoms with van der Waals surface area (Å²) in [7, 11) is 0. The highest BCUT2D eigenvalue weighted by molar-refractivity contribution is 8.00. The first-order valence-corrected chi connectivity index (χ1v) is 10.2. The molecule has 0 radical (unpaired) electrons. The van der Waals surface area contributed by atoms with Gasteiger partial charge in [0.25, 0.3) is 0 Å². The van der Waals surface area contributed by atoms with Gasteiger partial charge in [0.05, 0.1) is 12.0 Å². The van der Waals surface area contributed by atoms with Gasteiger partial charge in [0.15, 0.2) is 15.1 Å². The molecular weight excluding hydrogens is 372 g/mol. The van der Waals surface area contributed by atoms with Gasteiger partial charge in [0.1, 0.15) is 0 Å². The Kier molecular flexibility index (Phi) is 4.82. The number of anilines is 2. The molecule has 0 aliphatic carbocycles. The second-order valence-corrected chi connectivity index (χ2v) is 8.33. The zero-order valence-electron chi connectivity index (χ0n) is 13.3. The minimum atomic E-state index is 0.760. The summed E-state index contributed by atoms with van der Waals surface area (Å²) >= 11 is 4.77. The van der Waals surface area contributed by atoms with Crippen LogP contribution in [0.25, 0.3) is 10.8 Å². The highest BCUT2D eigenvalue weighted by Crippen LogP contribution is 2.31. The number of aromatic nitrogens is 3. The van der Waals surface area contributed by atoms with Crippen LogP contribution in [0, 0.1) is 6.92 Å². The summed E-state index contributed by atoms with van der Waals surface area (Å²) < 4.78 is 6.29. The number of thioether (sulfide) groups is 1. The largest absolute Gasteiger partial charge is 0.462 e. The molecule has 0 unspecified atom stereocenters. The van der Waals surface area contributed by atoms with Crippen LogP contribution in [0.5, 0.6) is 0 Å². The van der Waals surface area contributed by atoms with Gasteiger partial charge in [0.2, 0.25) is 5.13 Å². The van der Waals surface area contributed by atoms with Gasteiger partial charge in [-0.05, 0) is 31.2 Å². The average Bonchev–Trinajstić information content (AvgIpc) is 3.36. The normalized spacial score (nSPS) is 10.9. The van der Waals surface area contributed by atoms with Crippen molar-refractivity contribution in [1.82, 2.24) is 15.2 Å². The van der Waals surface area contributed by atoms with E-state index in [1.807, 2.05) is 24.3 Å². The van der Waals surface area contributed by atoms with Crippen molar-refractivity contribution < 1.29 is 4.42 Å². The Balaban J connectivity index is 1.36. The predicted molar refractivity (Wildman–Crippen MR) is 104 cm³/mol. The summed E-state index contributed by atoms with van der Waals surface area (Å²) in [5.41, 5.74) is 3.27. The third-order valence-electron chi connectivity index (χ3n) is 3.34. The van der Waals surface area contributed by atoms with Crippen LogP contribution in [0.15, 0.2) is 56.8 Å². The molecule has 3 heterocycles. The molecule has 0 atom stereocenters. The molecule has 0 spiro atoms. The molecular formula is C17H14N4OS3. The van der Waals surface area contributed by atoms with Gasteiger partial charge in [-0.1, -0.05) is 40.8 Å². The smallest absolute Gasteiger partial charge is 0.210 e. The molecule has 0 fully saturated rings. The van der Waals surface area contributed by atoms with Crippen molar-refractivity contribution in [3.05, 3.63) is 59.3 Å². The standard InChI is InChI=1S/C17H14N4OS3/c1-11-4-6-12(7-5-11)19-16-20-21-17(25-16)24-10-13-9-23-15(18-13)14-3-2-8-22-14/h2-9H,10H2,1H3,(H,19,20). The fourth-order valence-corrected chi connectivity index (χ4v) is 4.66. The SMILES string of the molecule is Cc1ccc(Nc2nnc(SCc3csc(-c4ccco4)n3)s2)cc1. The maximum Gasteiger partial charge on any atom is 0.210 e. The number of hydrogen-bond acceptors (Lipinski definition) is 8. The van der Waals surface area contributed by atoms with Crippen molar-refractivity contribution in [1.29, 1.82) is 0 Å². The summed E-state index contributed by atoms with van der Waals surface area (Å²) in [6.45, 7) is 2.07. The Labute approximate surface area is 157 Å². The molecule has 1 aromatic carbocycles. The molecule has 4 aromatic rings. The molecule has 1 N–H and O–H groups in total. The number of thiazole rings is 1. The Morgan fingerprint density at radius 1 is 1.16 bits per heavy atom. The maximum atomic E-state index is 5.38. The fourth-order valence-electron chi connectivity index (χ4n) is 2.10. The third-order valence-corrected chi connectivity index (χ3v) is 6.25. The number of aryl methyl sites for hydroxylation is 1. The van der Waals surface area contributed by atoms with Gasteiger partial charge in [-0.3, -0.25) is 0 Å². The maximum absolute atomic E-state index is 5.38.